The predicted molar refractivity (Wildman–Crippen MR) is 104 cm³/mol. The smallest absolute Gasteiger partial charge is 0.383 e. The number of hydrogen-bond acceptors (Lipinski definition) is 5. The van der Waals surface area contributed by atoms with Crippen molar-refractivity contribution in [3.05, 3.63) is 41.7 Å². The second kappa shape index (κ2) is 8.81. The number of nitrogens with zero attached hydrogens (tertiary/aromatic N) is 3. The molecule has 1 aliphatic heterocycles. The zero-order valence-corrected chi connectivity index (χ0v) is 16.2. The molecule has 1 aromatic heterocycles. The third kappa shape index (κ3) is 4.76. The number of fused-ring (bicyclic) bond motifs is 1. The first-order chi connectivity index (χ1) is 13.4. The Balaban J connectivity index is 2.03. The predicted octanol–water partition coefficient (Wildman–Crippen LogP) is 4.85. The number of carbonyl (C=O) groups excluding carboxylic acids is 1. The molecular weight excluding hydrogens is 389 g/mol. The van der Waals surface area contributed by atoms with Crippen LogP contribution in [0.1, 0.15) is 41.9 Å². The standard InChI is InChI=1S/C19H21F3N4OS/c1-28-14-8-6-7-13(11-14)26-10-5-3-2-4-9-23-15-12-16(19(20,21)22)24-25-17(15)18(26)27/h6-8,11-12,23H,2-5,9-10H2,1H3. The van der Waals surface area contributed by atoms with Crippen LogP contribution in [0.4, 0.5) is 24.5 Å². The fourth-order valence-electron chi connectivity index (χ4n) is 3.05. The number of alkyl halides is 3. The normalized spacial score (nSPS) is 16.1. The van der Waals surface area contributed by atoms with Crippen molar-refractivity contribution >= 4 is 29.0 Å². The zero-order chi connectivity index (χ0) is 20.1. The van der Waals surface area contributed by atoms with Crippen LogP contribution in [0, 0.1) is 0 Å². The number of thioether (sulfide) groups is 1. The molecule has 0 unspecified atom stereocenters. The van der Waals surface area contributed by atoms with Crippen molar-refractivity contribution in [1.82, 2.24) is 10.2 Å². The minimum absolute atomic E-state index is 0.0697. The molecule has 0 atom stereocenters. The summed E-state index contributed by atoms with van der Waals surface area (Å²) in [5, 5.41) is 9.86. The maximum atomic E-state index is 13.2. The van der Waals surface area contributed by atoms with E-state index >= 15 is 0 Å². The second-order valence-corrected chi connectivity index (χ2v) is 7.37. The van der Waals surface area contributed by atoms with Crippen molar-refractivity contribution in [3.63, 3.8) is 0 Å². The summed E-state index contributed by atoms with van der Waals surface area (Å²) in [6.45, 7) is 0.948. The van der Waals surface area contributed by atoms with Gasteiger partial charge in [-0.2, -0.15) is 13.2 Å². The van der Waals surface area contributed by atoms with Gasteiger partial charge in [0.2, 0.25) is 0 Å². The van der Waals surface area contributed by atoms with E-state index in [1.165, 1.54) is 0 Å². The average molecular weight is 410 g/mol. The second-order valence-electron chi connectivity index (χ2n) is 6.49. The van der Waals surface area contributed by atoms with Crippen molar-refractivity contribution in [2.24, 2.45) is 0 Å². The number of aromatic nitrogens is 2. The van der Waals surface area contributed by atoms with E-state index in [2.05, 4.69) is 15.5 Å². The van der Waals surface area contributed by atoms with Gasteiger partial charge in [0.25, 0.3) is 5.91 Å². The molecule has 0 radical (unpaired) electrons. The van der Waals surface area contributed by atoms with Crippen LogP contribution in [0.25, 0.3) is 0 Å². The van der Waals surface area contributed by atoms with E-state index in [-0.39, 0.29) is 11.4 Å². The van der Waals surface area contributed by atoms with Gasteiger partial charge in [-0.05, 0) is 43.4 Å². The SMILES string of the molecule is CSc1cccc(N2CCCCCCNc3cc(C(F)(F)F)nnc3C2=O)c1. The van der Waals surface area contributed by atoms with E-state index in [4.69, 9.17) is 0 Å². The molecule has 5 nitrogen and oxygen atoms in total. The summed E-state index contributed by atoms with van der Waals surface area (Å²) in [6, 6.07) is 8.39. The highest BCUT2D eigenvalue weighted by Gasteiger charge is 2.35. The van der Waals surface area contributed by atoms with Crippen molar-refractivity contribution < 1.29 is 18.0 Å². The fraction of sp³-hybridized carbons (Fsp3) is 0.421. The van der Waals surface area contributed by atoms with Gasteiger partial charge in [-0.25, -0.2) is 0 Å². The quantitative estimate of drug-likeness (QED) is 0.718. The van der Waals surface area contributed by atoms with Crippen LogP contribution in [-0.4, -0.2) is 35.4 Å². The molecule has 0 aliphatic carbocycles. The Morgan fingerprint density at radius 1 is 1.11 bits per heavy atom. The van der Waals surface area contributed by atoms with E-state index in [0.29, 0.717) is 18.8 Å². The molecule has 2 heterocycles. The van der Waals surface area contributed by atoms with Gasteiger partial charge < -0.3 is 10.2 Å². The molecule has 1 aromatic carbocycles. The van der Waals surface area contributed by atoms with Crippen LogP contribution >= 0.6 is 11.8 Å². The highest BCUT2D eigenvalue weighted by atomic mass is 32.2. The molecular formula is C19H21F3N4OS. The van der Waals surface area contributed by atoms with Crippen LogP contribution in [0.3, 0.4) is 0 Å². The molecule has 28 heavy (non-hydrogen) atoms. The lowest BCUT2D eigenvalue weighted by Gasteiger charge is -2.23. The van der Waals surface area contributed by atoms with Gasteiger partial charge in [-0.1, -0.05) is 18.9 Å². The Bertz CT molecular complexity index is 844. The Morgan fingerprint density at radius 3 is 2.64 bits per heavy atom. The monoisotopic (exact) mass is 410 g/mol. The number of nitrogens with one attached hydrogen (secondary N) is 1. The lowest BCUT2D eigenvalue weighted by molar-refractivity contribution is -0.141. The number of halogens is 3. The third-order valence-corrected chi connectivity index (χ3v) is 5.25. The largest absolute Gasteiger partial charge is 0.435 e. The summed E-state index contributed by atoms with van der Waals surface area (Å²) < 4.78 is 39.1. The first-order valence-electron chi connectivity index (χ1n) is 9.05. The molecule has 2 aromatic rings. The summed E-state index contributed by atoms with van der Waals surface area (Å²) >= 11 is 1.56. The molecule has 3 rings (SSSR count). The van der Waals surface area contributed by atoms with Gasteiger partial charge in [0.1, 0.15) is 0 Å². The van der Waals surface area contributed by atoms with E-state index in [0.717, 1.165) is 36.6 Å². The van der Waals surface area contributed by atoms with Gasteiger partial charge >= 0.3 is 6.18 Å². The van der Waals surface area contributed by atoms with Gasteiger partial charge in [-0.15, -0.1) is 22.0 Å². The van der Waals surface area contributed by atoms with Gasteiger partial charge in [0, 0.05) is 23.7 Å². The summed E-state index contributed by atoms with van der Waals surface area (Å²) in [6.07, 6.45) is 0.795. The first-order valence-corrected chi connectivity index (χ1v) is 10.3. The molecule has 1 N–H and O–H groups in total. The van der Waals surface area contributed by atoms with Crippen molar-refractivity contribution in [2.75, 3.05) is 29.6 Å². The van der Waals surface area contributed by atoms with Gasteiger partial charge in [-0.3, -0.25) is 4.79 Å². The molecule has 150 valence electrons. The molecule has 9 heteroatoms. The van der Waals surface area contributed by atoms with Crippen molar-refractivity contribution in [2.45, 2.75) is 36.8 Å². The number of amides is 1. The van der Waals surface area contributed by atoms with Crippen LogP contribution in [-0.2, 0) is 6.18 Å². The number of hydrogen-bond donors (Lipinski definition) is 1. The Morgan fingerprint density at radius 2 is 1.89 bits per heavy atom. The van der Waals surface area contributed by atoms with Crippen molar-refractivity contribution in [1.29, 1.82) is 0 Å². The highest BCUT2D eigenvalue weighted by Crippen LogP contribution is 2.31. The summed E-state index contributed by atoms with van der Waals surface area (Å²) in [4.78, 5) is 15.8. The minimum atomic E-state index is -4.62. The summed E-state index contributed by atoms with van der Waals surface area (Å²) in [5.74, 6) is -0.455. The Kier molecular flexibility index (Phi) is 6.43. The molecule has 0 spiro atoms. The van der Waals surface area contributed by atoms with Crippen LogP contribution in [0.2, 0.25) is 0 Å². The average Bonchev–Trinajstić information content (AvgIpc) is 2.71. The zero-order valence-electron chi connectivity index (χ0n) is 15.4. The first kappa shape index (κ1) is 20.4. The Labute approximate surface area is 165 Å². The number of carbonyl (C=O) groups is 1. The minimum Gasteiger partial charge on any atom is -0.383 e. The fourth-order valence-corrected chi connectivity index (χ4v) is 3.50. The molecule has 0 saturated heterocycles. The van der Waals surface area contributed by atoms with E-state index < -0.39 is 17.8 Å². The molecule has 0 saturated carbocycles. The lowest BCUT2D eigenvalue weighted by atomic mass is 10.1. The lowest BCUT2D eigenvalue weighted by Crippen LogP contribution is -2.33. The summed E-state index contributed by atoms with van der Waals surface area (Å²) in [7, 11) is 0. The highest BCUT2D eigenvalue weighted by molar-refractivity contribution is 7.98. The van der Waals surface area contributed by atoms with Gasteiger partial charge in [0.15, 0.2) is 11.4 Å². The van der Waals surface area contributed by atoms with Gasteiger partial charge in [0.05, 0.1) is 5.69 Å². The topological polar surface area (TPSA) is 58.1 Å². The maximum Gasteiger partial charge on any atom is 0.435 e. The molecule has 0 bridgehead atoms. The van der Waals surface area contributed by atoms with E-state index in [1.54, 1.807) is 16.7 Å². The molecule has 0 fully saturated rings. The van der Waals surface area contributed by atoms with Crippen molar-refractivity contribution in [3.8, 4) is 0 Å². The summed E-state index contributed by atoms with van der Waals surface area (Å²) in [5.41, 5.74) is -0.439. The number of benzene rings is 1. The van der Waals surface area contributed by atoms with Crippen LogP contribution in [0.5, 0.6) is 0 Å². The van der Waals surface area contributed by atoms with E-state index in [1.807, 2.05) is 30.5 Å². The molecule has 1 amide bonds. The Hall–Kier alpha value is -2.29. The third-order valence-electron chi connectivity index (χ3n) is 4.52. The molecule has 1 aliphatic rings. The van der Waals surface area contributed by atoms with E-state index in [9.17, 15) is 18.0 Å². The number of anilines is 2. The van der Waals surface area contributed by atoms with Crippen LogP contribution < -0.4 is 10.2 Å². The van der Waals surface area contributed by atoms with Crippen LogP contribution in [0.15, 0.2) is 35.2 Å². The number of rotatable bonds is 2. The maximum absolute atomic E-state index is 13.2.